The molecule has 0 saturated carbocycles. The van der Waals surface area contributed by atoms with Crippen molar-refractivity contribution in [1.29, 1.82) is 0 Å². The van der Waals surface area contributed by atoms with Gasteiger partial charge in [0.25, 0.3) is 11.5 Å². The Kier molecular flexibility index (Phi) is 4.87. The molecule has 7 heteroatoms. The first kappa shape index (κ1) is 18.5. The summed E-state index contributed by atoms with van der Waals surface area (Å²) < 4.78 is 11.9. The van der Waals surface area contributed by atoms with Gasteiger partial charge in [-0.05, 0) is 42.0 Å². The van der Waals surface area contributed by atoms with Crippen LogP contribution in [0, 0.1) is 0 Å². The van der Waals surface area contributed by atoms with E-state index in [2.05, 4.69) is 10.3 Å². The molecule has 2 heterocycles. The van der Waals surface area contributed by atoms with Crippen LogP contribution < -0.4 is 20.3 Å². The number of carbonyl (C=O) groups excluding carboxylic acids is 1. The molecule has 146 valence electrons. The summed E-state index contributed by atoms with van der Waals surface area (Å²) in [7, 11) is 3.13. The number of aromatic nitrogens is 2. The summed E-state index contributed by atoms with van der Waals surface area (Å²) in [4.78, 5) is 30.1. The van der Waals surface area contributed by atoms with E-state index in [0.29, 0.717) is 33.6 Å². The monoisotopic (exact) mass is 389 g/mol. The van der Waals surface area contributed by atoms with E-state index >= 15 is 0 Å². The van der Waals surface area contributed by atoms with Crippen molar-refractivity contribution < 1.29 is 14.3 Å². The average Bonchev–Trinajstić information content (AvgIpc) is 2.77. The van der Waals surface area contributed by atoms with Crippen LogP contribution in [0.4, 0.5) is 0 Å². The lowest BCUT2D eigenvalue weighted by Crippen LogP contribution is -2.25. The molecule has 0 aliphatic rings. The van der Waals surface area contributed by atoms with Gasteiger partial charge in [0.05, 0.1) is 30.7 Å². The SMILES string of the molecule is COc1ccc(CNC(=O)c2cccn3c(=O)c4ccccc4nc23)cc1OC. The number of methoxy groups -OCH3 is 2. The maximum absolute atomic E-state index is 12.8. The van der Waals surface area contributed by atoms with Crippen LogP contribution in [0.3, 0.4) is 0 Å². The van der Waals surface area contributed by atoms with Crippen LogP contribution in [0.2, 0.25) is 0 Å². The lowest BCUT2D eigenvalue weighted by atomic mass is 10.1. The Balaban J connectivity index is 1.66. The third kappa shape index (κ3) is 3.38. The Labute approximate surface area is 166 Å². The molecular formula is C22H19N3O4. The number of nitrogens with zero attached hydrogens (tertiary/aromatic N) is 2. The minimum absolute atomic E-state index is 0.208. The number of hydrogen-bond acceptors (Lipinski definition) is 5. The lowest BCUT2D eigenvalue weighted by Gasteiger charge is -2.11. The van der Waals surface area contributed by atoms with E-state index < -0.39 is 0 Å². The molecule has 0 saturated heterocycles. The highest BCUT2D eigenvalue weighted by atomic mass is 16.5. The Bertz CT molecular complexity index is 1280. The summed E-state index contributed by atoms with van der Waals surface area (Å²) in [6.07, 6.45) is 1.61. The number of para-hydroxylation sites is 1. The van der Waals surface area contributed by atoms with Crippen LogP contribution in [0.25, 0.3) is 16.6 Å². The van der Waals surface area contributed by atoms with Crippen molar-refractivity contribution in [3.05, 3.63) is 82.3 Å². The van der Waals surface area contributed by atoms with Gasteiger partial charge in [-0.15, -0.1) is 0 Å². The number of hydrogen-bond donors (Lipinski definition) is 1. The van der Waals surface area contributed by atoms with E-state index in [1.807, 2.05) is 12.1 Å². The Hall–Kier alpha value is -3.87. The third-order valence-corrected chi connectivity index (χ3v) is 4.69. The van der Waals surface area contributed by atoms with Crippen molar-refractivity contribution in [2.24, 2.45) is 0 Å². The minimum atomic E-state index is -0.319. The quantitative estimate of drug-likeness (QED) is 0.531. The standard InChI is InChI=1S/C22H19N3O4/c1-28-18-10-9-14(12-19(18)29-2)13-23-21(26)16-7-5-11-25-20(16)24-17-8-4-3-6-15(17)22(25)27/h3-12H,13H2,1-2H3,(H,23,26). The molecule has 0 atom stereocenters. The van der Waals surface area contributed by atoms with E-state index in [1.54, 1.807) is 62.9 Å². The van der Waals surface area contributed by atoms with Crippen molar-refractivity contribution >= 4 is 22.5 Å². The van der Waals surface area contributed by atoms with Gasteiger partial charge in [-0.2, -0.15) is 0 Å². The first-order chi connectivity index (χ1) is 14.1. The summed E-state index contributed by atoms with van der Waals surface area (Å²) >= 11 is 0. The van der Waals surface area contributed by atoms with Crippen LogP contribution in [0.1, 0.15) is 15.9 Å². The number of ether oxygens (including phenoxy) is 2. The molecule has 29 heavy (non-hydrogen) atoms. The number of rotatable bonds is 5. The lowest BCUT2D eigenvalue weighted by molar-refractivity contribution is 0.0952. The maximum Gasteiger partial charge on any atom is 0.265 e. The highest BCUT2D eigenvalue weighted by Crippen LogP contribution is 2.27. The van der Waals surface area contributed by atoms with Crippen molar-refractivity contribution in [2.45, 2.75) is 6.54 Å². The molecule has 4 rings (SSSR count). The van der Waals surface area contributed by atoms with E-state index in [-0.39, 0.29) is 18.0 Å². The molecule has 0 aliphatic heterocycles. The number of fused-ring (bicyclic) bond motifs is 2. The van der Waals surface area contributed by atoms with Crippen LogP contribution in [0.5, 0.6) is 11.5 Å². The summed E-state index contributed by atoms with van der Waals surface area (Å²) in [5.74, 6) is 0.885. The second-order valence-electron chi connectivity index (χ2n) is 6.42. The Morgan fingerprint density at radius 1 is 1.03 bits per heavy atom. The van der Waals surface area contributed by atoms with E-state index in [1.165, 1.54) is 4.40 Å². The zero-order valence-corrected chi connectivity index (χ0v) is 16.0. The number of carbonyl (C=O) groups is 1. The fourth-order valence-electron chi connectivity index (χ4n) is 3.22. The molecule has 2 aromatic heterocycles. The van der Waals surface area contributed by atoms with E-state index in [4.69, 9.17) is 9.47 Å². The molecule has 1 amide bonds. The highest BCUT2D eigenvalue weighted by molar-refractivity contribution is 6.00. The van der Waals surface area contributed by atoms with Crippen molar-refractivity contribution in [3.8, 4) is 11.5 Å². The summed E-state index contributed by atoms with van der Waals surface area (Å²) in [6.45, 7) is 0.290. The van der Waals surface area contributed by atoms with Crippen LogP contribution in [-0.2, 0) is 6.54 Å². The van der Waals surface area contributed by atoms with Crippen molar-refractivity contribution in [3.63, 3.8) is 0 Å². The number of pyridine rings is 1. The molecule has 0 bridgehead atoms. The van der Waals surface area contributed by atoms with Crippen molar-refractivity contribution in [2.75, 3.05) is 14.2 Å². The molecule has 0 radical (unpaired) electrons. The van der Waals surface area contributed by atoms with E-state index in [9.17, 15) is 9.59 Å². The second kappa shape index (κ2) is 7.63. The molecule has 7 nitrogen and oxygen atoms in total. The fraction of sp³-hybridized carbons (Fsp3) is 0.136. The summed E-state index contributed by atoms with van der Waals surface area (Å²) in [6, 6.07) is 15.8. The highest BCUT2D eigenvalue weighted by Gasteiger charge is 2.14. The molecule has 0 aliphatic carbocycles. The van der Waals surface area contributed by atoms with Crippen LogP contribution >= 0.6 is 0 Å². The predicted molar refractivity (Wildman–Crippen MR) is 110 cm³/mol. The molecule has 0 unspecified atom stereocenters. The second-order valence-corrected chi connectivity index (χ2v) is 6.42. The van der Waals surface area contributed by atoms with Crippen molar-refractivity contribution in [1.82, 2.24) is 14.7 Å². The van der Waals surface area contributed by atoms with Gasteiger partial charge in [0, 0.05) is 12.7 Å². The Morgan fingerprint density at radius 2 is 1.83 bits per heavy atom. The van der Waals surface area contributed by atoms with Gasteiger partial charge < -0.3 is 14.8 Å². The molecule has 0 spiro atoms. The largest absolute Gasteiger partial charge is 0.493 e. The molecule has 0 fully saturated rings. The van der Waals surface area contributed by atoms with Gasteiger partial charge in [0.2, 0.25) is 0 Å². The van der Waals surface area contributed by atoms with Gasteiger partial charge in [-0.3, -0.25) is 14.0 Å². The van der Waals surface area contributed by atoms with E-state index in [0.717, 1.165) is 5.56 Å². The number of benzene rings is 2. The van der Waals surface area contributed by atoms with Gasteiger partial charge in [-0.1, -0.05) is 18.2 Å². The number of amides is 1. The normalized spacial score (nSPS) is 10.8. The molecule has 4 aromatic rings. The first-order valence-electron chi connectivity index (χ1n) is 9.01. The Morgan fingerprint density at radius 3 is 2.62 bits per heavy atom. The van der Waals surface area contributed by atoms with Gasteiger partial charge in [-0.25, -0.2) is 4.98 Å². The van der Waals surface area contributed by atoms with Crippen LogP contribution in [-0.4, -0.2) is 29.5 Å². The zero-order chi connectivity index (χ0) is 20.4. The summed E-state index contributed by atoms with van der Waals surface area (Å²) in [5, 5.41) is 3.38. The van der Waals surface area contributed by atoms with Gasteiger partial charge in [0.15, 0.2) is 17.1 Å². The number of nitrogens with one attached hydrogen (secondary N) is 1. The van der Waals surface area contributed by atoms with Gasteiger partial charge in [0.1, 0.15) is 0 Å². The summed E-state index contributed by atoms with van der Waals surface area (Å²) in [5.41, 5.74) is 1.85. The van der Waals surface area contributed by atoms with Gasteiger partial charge >= 0.3 is 0 Å². The molecule has 1 N–H and O–H groups in total. The zero-order valence-electron chi connectivity index (χ0n) is 16.0. The smallest absolute Gasteiger partial charge is 0.265 e. The third-order valence-electron chi connectivity index (χ3n) is 4.69. The predicted octanol–water partition coefficient (Wildman–Crippen LogP) is 2.79. The van der Waals surface area contributed by atoms with Crippen LogP contribution in [0.15, 0.2) is 65.6 Å². The maximum atomic E-state index is 12.8. The topological polar surface area (TPSA) is 81.9 Å². The molecule has 2 aromatic carbocycles. The fourth-order valence-corrected chi connectivity index (χ4v) is 3.22. The average molecular weight is 389 g/mol. The first-order valence-corrected chi connectivity index (χ1v) is 9.01. The minimum Gasteiger partial charge on any atom is -0.493 e. The molecular weight excluding hydrogens is 370 g/mol.